The molecule has 41 heavy (non-hydrogen) atoms. The van der Waals surface area contributed by atoms with Gasteiger partial charge in [0.15, 0.2) is 0 Å². The maximum Gasteiger partial charge on any atom is 0.251 e. The summed E-state index contributed by atoms with van der Waals surface area (Å²) in [4.78, 5) is 31.7. The van der Waals surface area contributed by atoms with Gasteiger partial charge in [0.25, 0.3) is 5.91 Å². The van der Waals surface area contributed by atoms with E-state index in [1.807, 2.05) is 36.4 Å². The van der Waals surface area contributed by atoms with Crippen LogP contribution in [0, 0.1) is 11.8 Å². The number of piperidine rings is 1. The second kappa shape index (κ2) is 14.5. The zero-order valence-corrected chi connectivity index (χ0v) is 25.1. The van der Waals surface area contributed by atoms with Crippen molar-refractivity contribution in [1.82, 2.24) is 20.4 Å². The van der Waals surface area contributed by atoms with Gasteiger partial charge in [0.1, 0.15) is 0 Å². The quantitative estimate of drug-likeness (QED) is 0.374. The maximum absolute atomic E-state index is 13.9. The molecule has 2 heterocycles. The monoisotopic (exact) mass is 576 g/mol. The van der Waals surface area contributed by atoms with Gasteiger partial charge in [0, 0.05) is 42.8 Å². The van der Waals surface area contributed by atoms with Crippen LogP contribution in [0.2, 0.25) is 5.02 Å². The summed E-state index contributed by atoms with van der Waals surface area (Å²) in [7, 11) is 0. The van der Waals surface area contributed by atoms with E-state index >= 15 is 0 Å². The second-order valence-corrected chi connectivity index (χ2v) is 12.4. The van der Waals surface area contributed by atoms with E-state index in [2.05, 4.69) is 51.7 Å². The Morgan fingerprint density at radius 3 is 2.66 bits per heavy atom. The number of rotatable bonds is 10. The average molecular weight is 577 g/mol. The number of carbonyl (C=O) groups is 2. The molecule has 2 aliphatic heterocycles. The summed E-state index contributed by atoms with van der Waals surface area (Å²) in [5.41, 5.74) is 0.633. The van der Waals surface area contributed by atoms with Gasteiger partial charge in [-0.05, 0) is 92.1 Å². The van der Waals surface area contributed by atoms with Gasteiger partial charge in [0.2, 0.25) is 5.91 Å². The SMILES string of the molecule is CC[C@H](CN1CC[C@@H](CNC(=O)c2ccc3cc(Cl)ccc3c2)N[C@@H](CCN2CCCCC2)C1=O)C1C=CC=CC1. The van der Waals surface area contributed by atoms with Gasteiger partial charge in [-0.15, -0.1) is 0 Å². The Bertz CT molecular complexity index is 1250. The number of hydrogen-bond acceptors (Lipinski definition) is 4. The molecule has 0 radical (unpaired) electrons. The number of benzene rings is 2. The van der Waals surface area contributed by atoms with Crippen molar-refractivity contribution in [1.29, 1.82) is 0 Å². The van der Waals surface area contributed by atoms with Gasteiger partial charge >= 0.3 is 0 Å². The van der Waals surface area contributed by atoms with Crippen molar-refractivity contribution < 1.29 is 9.59 Å². The fourth-order valence-electron chi connectivity index (χ4n) is 6.60. The highest BCUT2D eigenvalue weighted by molar-refractivity contribution is 6.31. The lowest BCUT2D eigenvalue weighted by Crippen LogP contribution is -2.50. The first-order valence-corrected chi connectivity index (χ1v) is 16.0. The highest BCUT2D eigenvalue weighted by Crippen LogP contribution is 2.26. The van der Waals surface area contributed by atoms with Crippen LogP contribution in [0.25, 0.3) is 10.8 Å². The number of carbonyl (C=O) groups excluding carboxylic acids is 2. The van der Waals surface area contributed by atoms with Crippen LogP contribution in [-0.2, 0) is 4.79 Å². The summed E-state index contributed by atoms with van der Waals surface area (Å²) in [5.74, 6) is 1.05. The number of hydrogen-bond donors (Lipinski definition) is 2. The lowest BCUT2D eigenvalue weighted by Gasteiger charge is -2.33. The summed E-state index contributed by atoms with van der Waals surface area (Å²) in [5, 5.41) is 9.51. The molecule has 5 rings (SSSR count). The molecule has 2 fully saturated rings. The molecule has 2 aromatic carbocycles. The molecule has 1 aliphatic carbocycles. The fourth-order valence-corrected chi connectivity index (χ4v) is 6.78. The smallest absolute Gasteiger partial charge is 0.251 e. The third-order valence-corrected chi connectivity index (χ3v) is 9.38. The van der Waals surface area contributed by atoms with Crippen molar-refractivity contribution in [2.24, 2.45) is 11.8 Å². The van der Waals surface area contributed by atoms with Crippen LogP contribution in [0.15, 0.2) is 60.7 Å². The predicted molar refractivity (Wildman–Crippen MR) is 168 cm³/mol. The molecule has 2 amide bonds. The molecule has 220 valence electrons. The van der Waals surface area contributed by atoms with E-state index in [1.165, 1.54) is 19.3 Å². The maximum atomic E-state index is 13.9. The lowest BCUT2D eigenvalue weighted by molar-refractivity contribution is -0.133. The molecule has 6 nitrogen and oxygen atoms in total. The lowest BCUT2D eigenvalue weighted by atomic mass is 9.84. The van der Waals surface area contributed by atoms with E-state index in [-0.39, 0.29) is 23.9 Å². The number of amides is 2. The normalized spacial score (nSPS) is 24.4. The number of allylic oxidation sites excluding steroid dienone is 4. The van der Waals surface area contributed by atoms with Crippen molar-refractivity contribution in [2.45, 2.75) is 64.0 Å². The Kier molecular flexibility index (Phi) is 10.5. The van der Waals surface area contributed by atoms with Crippen LogP contribution in [0.3, 0.4) is 0 Å². The van der Waals surface area contributed by atoms with Crippen molar-refractivity contribution in [3.63, 3.8) is 0 Å². The summed E-state index contributed by atoms with van der Waals surface area (Å²) in [6.07, 6.45) is 16.3. The van der Waals surface area contributed by atoms with Crippen LogP contribution in [0.5, 0.6) is 0 Å². The van der Waals surface area contributed by atoms with Crippen molar-refractivity contribution in [3.05, 3.63) is 71.3 Å². The minimum absolute atomic E-state index is 0.0381. The minimum atomic E-state index is -0.231. The number of nitrogens with zero attached hydrogens (tertiary/aromatic N) is 2. The van der Waals surface area contributed by atoms with Gasteiger partial charge < -0.3 is 20.4 Å². The third-order valence-electron chi connectivity index (χ3n) is 9.15. The summed E-state index contributed by atoms with van der Waals surface area (Å²) >= 11 is 6.12. The molecule has 0 bridgehead atoms. The second-order valence-electron chi connectivity index (χ2n) is 12.0. The zero-order chi connectivity index (χ0) is 28.6. The van der Waals surface area contributed by atoms with Crippen molar-refractivity contribution in [3.8, 4) is 0 Å². The Labute approximate surface area is 250 Å². The molecule has 4 atom stereocenters. The molecule has 2 N–H and O–H groups in total. The van der Waals surface area contributed by atoms with Gasteiger partial charge in [0.05, 0.1) is 6.04 Å². The van der Waals surface area contributed by atoms with E-state index in [4.69, 9.17) is 11.6 Å². The number of fused-ring (bicyclic) bond motifs is 1. The van der Waals surface area contributed by atoms with Crippen LogP contribution in [0.1, 0.15) is 62.2 Å². The molecular formula is C34H45ClN4O2. The number of likely N-dealkylation sites (tertiary alicyclic amines) is 1. The first-order valence-electron chi connectivity index (χ1n) is 15.6. The van der Waals surface area contributed by atoms with Crippen LogP contribution in [0.4, 0.5) is 0 Å². The number of halogens is 1. The molecule has 2 aromatic rings. The topological polar surface area (TPSA) is 64.7 Å². The summed E-state index contributed by atoms with van der Waals surface area (Å²) in [6, 6.07) is 11.2. The van der Waals surface area contributed by atoms with Crippen LogP contribution < -0.4 is 10.6 Å². The molecular weight excluding hydrogens is 532 g/mol. The summed E-state index contributed by atoms with van der Waals surface area (Å²) < 4.78 is 0. The van der Waals surface area contributed by atoms with E-state index in [9.17, 15) is 9.59 Å². The first-order chi connectivity index (χ1) is 20.0. The van der Waals surface area contributed by atoms with E-state index in [0.29, 0.717) is 35.5 Å². The Hall–Kier alpha value is -2.67. The fraction of sp³-hybridized carbons (Fsp3) is 0.529. The first kappa shape index (κ1) is 29.8. The van der Waals surface area contributed by atoms with E-state index < -0.39 is 0 Å². The predicted octanol–water partition coefficient (Wildman–Crippen LogP) is 5.82. The molecule has 3 aliphatic rings. The highest BCUT2D eigenvalue weighted by atomic mass is 35.5. The average Bonchev–Trinajstić information content (AvgIpc) is 3.16. The minimum Gasteiger partial charge on any atom is -0.350 e. The Balaban J connectivity index is 1.24. The molecule has 7 heteroatoms. The summed E-state index contributed by atoms with van der Waals surface area (Å²) in [6.45, 7) is 7.43. The van der Waals surface area contributed by atoms with E-state index in [1.54, 1.807) is 0 Å². The Morgan fingerprint density at radius 1 is 1.07 bits per heavy atom. The van der Waals surface area contributed by atoms with Crippen LogP contribution in [-0.4, -0.2) is 73.0 Å². The Morgan fingerprint density at radius 2 is 1.88 bits per heavy atom. The van der Waals surface area contributed by atoms with Crippen molar-refractivity contribution in [2.75, 3.05) is 39.3 Å². The molecule has 0 spiro atoms. The highest BCUT2D eigenvalue weighted by Gasteiger charge is 2.33. The standard InChI is InChI=1S/C34H45ClN4O2/c1-2-25(26-9-5-3-6-10-26)24-39-20-15-31(37-32(34(39)41)16-19-38-17-7-4-8-18-38)23-36-33(40)29-12-11-28-22-30(35)14-13-27(28)21-29/h3,5-6,9,11-14,21-22,25-26,31-32,37H,2,4,7-8,10,15-20,23-24H2,1H3,(H,36,40)/t25-,26?,31+,32+/m1/s1. The molecule has 2 saturated heterocycles. The molecule has 1 unspecified atom stereocenters. The number of nitrogens with one attached hydrogen (secondary N) is 2. The van der Waals surface area contributed by atoms with Gasteiger partial charge in [-0.25, -0.2) is 0 Å². The van der Waals surface area contributed by atoms with Gasteiger partial charge in [-0.1, -0.05) is 67.8 Å². The third kappa shape index (κ3) is 8.00. The van der Waals surface area contributed by atoms with Crippen molar-refractivity contribution >= 4 is 34.2 Å². The molecule has 0 saturated carbocycles. The van der Waals surface area contributed by atoms with Gasteiger partial charge in [-0.2, -0.15) is 0 Å². The zero-order valence-electron chi connectivity index (χ0n) is 24.4. The van der Waals surface area contributed by atoms with E-state index in [0.717, 1.165) is 62.6 Å². The van der Waals surface area contributed by atoms with Crippen LogP contribution >= 0.6 is 11.6 Å². The largest absolute Gasteiger partial charge is 0.350 e. The van der Waals surface area contributed by atoms with Gasteiger partial charge in [-0.3, -0.25) is 9.59 Å². The molecule has 0 aromatic heterocycles.